The van der Waals surface area contributed by atoms with Crippen LogP contribution in [0.5, 0.6) is 0 Å². The molecule has 0 aromatic heterocycles. The van der Waals surface area contributed by atoms with Crippen LogP contribution in [-0.4, -0.2) is 23.9 Å². The van der Waals surface area contributed by atoms with Crippen molar-refractivity contribution in [2.45, 2.75) is 52.5 Å². The van der Waals surface area contributed by atoms with E-state index in [2.05, 4.69) is 13.8 Å². The molecule has 21 heavy (non-hydrogen) atoms. The van der Waals surface area contributed by atoms with E-state index in [1.54, 1.807) is 6.07 Å². The van der Waals surface area contributed by atoms with Gasteiger partial charge in [0.1, 0.15) is 0 Å². The van der Waals surface area contributed by atoms with E-state index in [0.29, 0.717) is 17.1 Å². The molecule has 0 radical (unpaired) electrons. The van der Waals surface area contributed by atoms with Gasteiger partial charge in [-0.05, 0) is 55.7 Å². The van der Waals surface area contributed by atoms with Gasteiger partial charge in [0.2, 0.25) is 0 Å². The summed E-state index contributed by atoms with van der Waals surface area (Å²) in [6, 6.07) is 5.91. The number of nitrogen functional groups attached to an aromatic ring is 1. The van der Waals surface area contributed by atoms with Gasteiger partial charge < -0.3 is 10.6 Å². The first-order chi connectivity index (χ1) is 9.30. The summed E-state index contributed by atoms with van der Waals surface area (Å²) >= 11 is 0. The fraction of sp³-hybridized carbons (Fsp3) is 0.588. The minimum absolute atomic E-state index is 0. The number of benzene rings is 1. The number of anilines is 1. The number of aryl methyl sites for hydroxylation is 1. The number of hydrogen-bond acceptors (Lipinski definition) is 2. The van der Waals surface area contributed by atoms with Crippen molar-refractivity contribution in [1.29, 1.82) is 0 Å². The first-order valence-corrected chi connectivity index (χ1v) is 7.43. The zero-order valence-corrected chi connectivity index (χ0v) is 14.3. The van der Waals surface area contributed by atoms with Crippen LogP contribution in [0.2, 0.25) is 0 Å². The van der Waals surface area contributed by atoms with Crippen molar-refractivity contribution in [3.8, 4) is 0 Å². The predicted molar refractivity (Wildman–Crippen MR) is 91.0 cm³/mol. The van der Waals surface area contributed by atoms with Gasteiger partial charge in [-0.1, -0.05) is 19.9 Å². The number of nitrogens with zero attached hydrogens (tertiary/aromatic N) is 1. The van der Waals surface area contributed by atoms with E-state index in [1.165, 1.54) is 12.8 Å². The summed E-state index contributed by atoms with van der Waals surface area (Å²) in [5.74, 6) is 0.0968. The molecule has 0 unspecified atom stereocenters. The van der Waals surface area contributed by atoms with E-state index in [-0.39, 0.29) is 18.3 Å². The molecule has 1 fully saturated rings. The molecular weight excluding hydrogens is 284 g/mol. The Morgan fingerprint density at radius 3 is 2.43 bits per heavy atom. The van der Waals surface area contributed by atoms with Crippen molar-refractivity contribution in [2.75, 3.05) is 12.8 Å². The Kier molecular flexibility index (Phi) is 5.68. The van der Waals surface area contributed by atoms with Gasteiger partial charge >= 0.3 is 0 Å². The number of carbonyl (C=O) groups is 1. The van der Waals surface area contributed by atoms with E-state index in [9.17, 15) is 4.79 Å². The lowest BCUT2D eigenvalue weighted by Gasteiger charge is -2.38. The molecule has 2 N–H and O–H groups in total. The van der Waals surface area contributed by atoms with Gasteiger partial charge in [0, 0.05) is 24.3 Å². The highest BCUT2D eigenvalue weighted by atomic mass is 35.5. The van der Waals surface area contributed by atoms with Crippen LogP contribution in [-0.2, 0) is 0 Å². The van der Waals surface area contributed by atoms with Gasteiger partial charge in [-0.3, -0.25) is 4.79 Å². The molecular formula is C17H27ClN2O. The standard InChI is InChI=1S/C17H26N2O.ClH/c1-12-5-6-13(18)11-15(12)16(20)19(4)14-7-9-17(2,3)10-8-14;/h5-6,11,14H,7-10,18H2,1-4H3;1H. The van der Waals surface area contributed by atoms with Crippen LogP contribution in [0.1, 0.15) is 55.5 Å². The van der Waals surface area contributed by atoms with E-state index >= 15 is 0 Å². The lowest BCUT2D eigenvalue weighted by atomic mass is 9.75. The number of halogens is 1. The van der Waals surface area contributed by atoms with Crippen LogP contribution in [0.3, 0.4) is 0 Å². The zero-order valence-electron chi connectivity index (χ0n) is 13.5. The third-order valence-corrected chi connectivity index (χ3v) is 4.67. The average Bonchev–Trinajstić information content (AvgIpc) is 2.40. The molecule has 2 rings (SSSR count). The quantitative estimate of drug-likeness (QED) is 0.838. The first-order valence-electron chi connectivity index (χ1n) is 7.43. The third kappa shape index (κ3) is 4.13. The fourth-order valence-electron chi connectivity index (χ4n) is 3.00. The Bertz CT molecular complexity index is 504. The van der Waals surface area contributed by atoms with Crippen molar-refractivity contribution in [2.24, 2.45) is 5.41 Å². The van der Waals surface area contributed by atoms with Crippen molar-refractivity contribution in [3.63, 3.8) is 0 Å². The number of nitrogens with two attached hydrogens (primary N) is 1. The monoisotopic (exact) mass is 310 g/mol. The number of carbonyl (C=O) groups excluding carboxylic acids is 1. The maximum atomic E-state index is 12.6. The summed E-state index contributed by atoms with van der Waals surface area (Å²) in [5.41, 5.74) is 8.61. The average molecular weight is 311 g/mol. The van der Waals surface area contributed by atoms with Gasteiger partial charge in [0.25, 0.3) is 5.91 Å². The van der Waals surface area contributed by atoms with Crippen molar-refractivity contribution in [3.05, 3.63) is 29.3 Å². The number of rotatable bonds is 2. The van der Waals surface area contributed by atoms with Gasteiger partial charge in [-0.2, -0.15) is 0 Å². The summed E-state index contributed by atoms with van der Waals surface area (Å²) in [4.78, 5) is 14.6. The Morgan fingerprint density at radius 2 is 1.86 bits per heavy atom. The molecule has 0 aliphatic heterocycles. The van der Waals surface area contributed by atoms with Gasteiger partial charge in [0.05, 0.1) is 0 Å². The van der Waals surface area contributed by atoms with Gasteiger partial charge in [0.15, 0.2) is 0 Å². The Labute approximate surface area is 134 Å². The molecule has 1 amide bonds. The van der Waals surface area contributed by atoms with Crippen LogP contribution >= 0.6 is 12.4 Å². The molecule has 0 heterocycles. The molecule has 1 aromatic carbocycles. The lowest BCUT2D eigenvalue weighted by molar-refractivity contribution is 0.0634. The maximum Gasteiger partial charge on any atom is 0.254 e. The smallest absolute Gasteiger partial charge is 0.254 e. The molecule has 1 aliphatic carbocycles. The van der Waals surface area contributed by atoms with E-state index in [0.717, 1.165) is 24.0 Å². The summed E-state index contributed by atoms with van der Waals surface area (Å²) in [7, 11) is 1.92. The second kappa shape index (κ2) is 6.69. The number of hydrogen-bond donors (Lipinski definition) is 1. The van der Waals surface area contributed by atoms with Crippen LogP contribution in [0.4, 0.5) is 5.69 Å². The van der Waals surface area contributed by atoms with Crippen molar-refractivity contribution < 1.29 is 4.79 Å². The SMILES string of the molecule is Cc1ccc(N)cc1C(=O)N(C)C1CCC(C)(C)CC1.Cl. The predicted octanol–water partition coefficient (Wildman–Crippen LogP) is 4.04. The fourth-order valence-corrected chi connectivity index (χ4v) is 3.00. The minimum atomic E-state index is 0. The van der Waals surface area contributed by atoms with Crippen LogP contribution in [0, 0.1) is 12.3 Å². The Hall–Kier alpha value is -1.22. The highest BCUT2D eigenvalue weighted by Crippen LogP contribution is 2.37. The molecule has 0 saturated heterocycles. The second-order valence-electron chi connectivity index (χ2n) is 6.89. The molecule has 1 aromatic rings. The van der Waals surface area contributed by atoms with E-state index in [1.807, 2.05) is 31.0 Å². The van der Waals surface area contributed by atoms with Gasteiger partial charge in [-0.25, -0.2) is 0 Å². The van der Waals surface area contributed by atoms with Crippen molar-refractivity contribution >= 4 is 24.0 Å². The molecule has 1 aliphatic rings. The lowest BCUT2D eigenvalue weighted by Crippen LogP contribution is -2.41. The summed E-state index contributed by atoms with van der Waals surface area (Å²) in [6.07, 6.45) is 4.56. The molecule has 1 saturated carbocycles. The Morgan fingerprint density at radius 1 is 1.29 bits per heavy atom. The van der Waals surface area contributed by atoms with Crippen LogP contribution in [0.25, 0.3) is 0 Å². The largest absolute Gasteiger partial charge is 0.399 e. The van der Waals surface area contributed by atoms with Crippen LogP contribution in [0.15, 0.2) is 18.2 Å². The molecule has 3 nitrogen and oxygen atoms in total. The van der Waals surface area contributed by atoms with Gasteiger partial charge in [-0.15, -0.1) is 12.4 Å². The van der Waals surface area contributed by atoms with E-state index in [4.69, 9.17) is 5.73 Å². The number of amides is 1. The molecule has 0 atom stereocenters. The minimum Gasteiger partial charge on any atom is -0.399 e. The molecule has 4 heteroatoms. The zero-order chi connectivity index (χ0) is 14.9. The highest BCUT2D eigenvalue weighted by molar-refractivity contribution is 5.96. The van der Waals surface area contributed by atoms with Crippen molar-refractivity contribution in [1.82, 2.24) is 4.90 Å². The second-order valence-corrected chi connectivity index (χ2v) is 6.89. The highest BCUT2D eigenvalue weighted by Gasteiger charge is 2.31. The molecule has 118 valence electrons. The summed E-state index contributed by atoms with van der Waals surface area (Å²) < 4.78 is 0. The normalized spacial score (nSPS) is 17.9. The Balaban J connectivity index is 0.00000220. The van der Waals surface area contributed by atoms with E-state index < -0.39 is 0 Å². The summed E-state index contributed by atoms with van der Waals surface area (Å²) in [6.45, 7) is 6.59. The topological polar surface area (TPSA) is 46.3 Å². The summed E-state index contributed by atoms with van der Waals surface area (Å²) in [5, 5.41) is 0. The third-order valence-electron chi connectivity index (χ3n) is 4.67. The first kappa shape index (κ1) is 17.8. The maximum absolute atomic E-state index is 12.6. The molecule has 0 bridgehead atoms. The van der Waals surface area contributed by atoms with Crippen LogP contribution < -0.4 is 5.73 Å². The molecule has 0 spiro atoms.